The normalized spacial score (nSPS) is 13.7. The molecule has 0 N–H and O–H groups in total. The van der Waals surface area contributed by atoms with Gasteiger partial charge in [-0.1, -0.05) is 5.92 Å². The Labute approximate surface area is 55.7 Å². The first kappa shape index (κ1) is 5.81. The van der Waals surface area contributed by atoms with Crippen molar-refractivity contribution in [3.8, 4) is 36.0 Å². The zero-order valence-corrected chi connectivity index (χ0v) is 5.07. The average molecular weight is 114 g/mol. The summed E-state index contributed by atoms with van der Waals surface area (Å²) in [5, 5.41) is 0. The van der Waals surface area contributed by atoms with Gasteiger partial charge in [-0.25, -0.2) is 0 Å². The highest BCUT2D eigenvalue weighted by Crippen LogP contribution is 2.27. The van der Waals surface area contributed by atoms with E-state index in [9.17, 15) is 0 Å². The minimum atomic E-state index is 0.622. The van der Waals surface area contributed by atoms with Crippen LogP contribution < -0.4 is 0 Å². The second-order valence-electron chi connectivity index (χ2n) is 1.94. The van der Waals surface area contributed by atoms with Crippen molar-refractivity contribution in [1.29, 1.82) is 0 Å². The Morgan fingerprint density at radius 3 is 2.44 bits per heavy atom. The molecule has 0 saturated heterocycles. The number of rotatable bonds is 0. The topological polar surface area (TPSA) is 0 Å². The van der Waals surface area contributed by atoms with Gasteiger partial charge in [0.15, 0.2) is 0 Å². The van der Waals surface area contributed by atoms with Crippen LogP contribution in [-0.2, 0) is 0 Å². The molecule has 1 rings (SSSR count). The first-order valence-electron chi connectivity index (χ1n) is 2.89. The first-order valence-corrected chi connectivity index (χ1v) is 2.89. The van der Waals surface area contributed by atoms with Crippen molar-refractivity contribution in [2.75, 3.05) is 0 Å². The summed E-state index contributed by atoms with van der Waals surface area (Å²) in [7, 11) is 0. The van der Waals surface area contributed by atoms with Gasteiger partial charge in [0.05, 0.1) is 0 Å². The van der Waals surface area contributed by atoms with Gasteiger partial charge in [0.25, 0.3) is 0 Å². The van der Waals surface area contributed by atoms with Crippen molar-refractivity contribution >= 4 is 0 Å². The predicted molar refractivity (Wildman–Crippen MR) is 37.1 cm³/mol. The van der Waals surface area contributed by atoms with Crippen molar-refractivity contribution < 1.29 is 0 Å². The minimum Gasteiger partial charge on any atom is -0.106 e. The van der Waals surface area contributed by atoms with Crippen LogP contribution in [-0.4, -0.2) is 0 Å². The Morgan fingerprint density at radius 2 is 1.89 bits per heavy atom. The largest absolute Gasteiger partial charge is 0.106 e. The maximum absolute atomic E-state index is 4.87. The van der Waals surface area contributed by atoms with E-state index >= 15 is 0 Å². The molecule has 0 amide bonds. The van der Waals surface area contributed by atoms with Gasteiger partial charge in [0.2, 0.25) is 0 Å². The van der Waals surface area contributed by atoms with Crippen LogP contribution >= 0.6 is 0 Å². The fraction of sp³-hybridized carbons (Fsp3) is 0.333. The lowest BCUT2D eigenvalue weighted by molar-refractivity contribution is 1.18. The molecule has 0 heterocycles. The maximum Gasteiger partial charge on any atom is 0.0214 e. The van der Waals surface area contributed by atoms with Crippen molar-refractivity contribution in [1.82, 2.24) is 0 Å². The van der Waals surface area contributed by atoms with E-state index in [0.29, 0.717) is 5.92 Å². The van der Waals surface area contributed by atoms with Gasteiger partial charge in [-0.15, -0.1) is 6.42 Å². The third-order valence-corrected chi connectivity index (χ3v) is 1.05. The Morgan fingerprint density at radius 1 is 1.11 bits per heavy atom. The molecule has 0 unspecified atom stereocenters. The summed E-state index contributed by atoms with van der Waals surface area (Å²) in [4.78, 5) is 0. The summed E-state index contributed by atoms with van der Waals surface area (Å²) >= 11 is 0. The lowest BCUT2D eigenvalue weighted by Crippen LogP contribution is -1.59. The molecule has 0 aliphatic heterocycles. The second-order valence-corrected chi connectivity index (χ2v) is 1.94. The van der Waals surface area contributed by atoms with Gasteiger partial charge in [0.1, 0.15) is 0 Å². The smallest absolute Gasteiger partial charge is 0.0214 e. The molecule has 1 fully saturated rings. The van der Waals surface area contributed by atoms with E-state index in [1.807, 2.05) is 0 Å². The second kappa shape index (κ2) is 2.86. The van der Waals surface area contributed by atoms with E-state index in [4.69, 9.17) is 6.42 Å². The molecule has 0 radical (unpaired) electrons. The zero-order valence-electron chi connectivity index (χ0n) is 5.07. The third kappa shape index (κ3) is 2.48. The summed E-state index contributed by atoms with van der Waals surface area (Å²) in [6.45, 7) is 0. The molecule has 0 spiro atoms. The van der Waals surface area contributed by atoms with E-state index in [2.05, 4.69) is 29.6 Å². The van der Waals surface area contributed by atoms with Gasteiger partial charge in [0, 0.05) is 5.92 Å². The van der Waals surface area contributed by atoms with Crippen LogP contribution in [0.2, 0.25) is 0 Å². The zero-order chi connectivity index (χ0) is 6.53. The summed E-state index contributed by atoms with van der Waals surface area (Å²) in [5.74, 6) is 13.5. The van der Waals surface area contributed by atoms with Gasteiger partial charge in [-0.05, 0) is 36.5 Å². The van der Waals surface area contributed by atoms with Crippen molar-refractivity contribution in [2.24, 2.45) is 5.92 Å². The summed E-state index contributed by atoms with van der Waals surface area (Å²) < 4.78 is 0. The van der Waals surface area contributed by atoms with E-state index in [-0.39, 0.29) is 0 Å². The van der Waals surface area contributed by atoms with E-state index in [1.165, 1.54) is 12.8 Å². The molecule has 0 heteroatoms. The number of terminal acetylenes is 1. The molecule has 0 bridgehead atoms. The Bertz CT molecular complexity index is 240. The van der Waals surface area contributed by atoms with Crippen molar-refractivity contribution in [3.63, 3.8) is 0 Å². The molecule has 1 aliphatic carbocycles. The van der Waals surface area contributed by atoms with Gasteiger partial charge in [-0.2, -0.15) is 0 Å². The minimum absolute atomic E-state index is 0.622. The molecule has 9 heavy (non-hydrogen) atoms. The molecule has 1 aliphatic rings. The molecule has 0 aromatic carbocycles. The molecule has 42 valence electrons. The molecule has 0 atom stereocenters. The van der Waals surface area contributed by atoms with E-state index in [0.717, 1.165) is 0 Å². The quantitative estimate of drug-likeness (QED) is 0.413. The van der Waals surface area contributed by atoms with Gasteiger partial charge in [-0.3, -0.25) is 0 Å². The van der Waals surface area contributed by atoms with E-state index < -0.39 is 0 Å². The molecule has 1 saturated carbocycles. The maximum atomic E-state index is 4.87. The van der Waals surface area contributed by atoms with Crippen LogP contribution in [0.4, 0.5) is 0 Å². The highest BCUT2D eigenvalue weighted by molar-refractivity contribution is 5.34. The molecule has 0 nitrogen and oxygen atoms in total. The molecule has 0 aromatic rings. The molecule has 0 aromatic heterocycles. The third-order valence-electron chi connectivity index (χ3n) is 1.05. The number of hydrogen-bond donors (Lipinski definition) is 0. The highest BCUT2D eigenvalue weighted by Gasteiger charge is 2.17. The van der Waals surface area contributed by atoms with Crippen molar-refractivity contribution in [2.45, 2.75) is 12.8 Å². The summed E-state index contributed by atoms with van der Waals surface area (Å²) in [5.41, 5.74) is 0. The van der Waals surface area contributed by atoms with Crippen LogP contribution in [0.15, 0.2) is 0 Å². The van der Waals surface area contributed by atoms with Crippen LogP contribution in [0.1, 0.15) is 12.8 Å². The molecular formula is C9H6. The first-order chi connectivity index (χ1) is 4.43. The SMILES string of the molecule is C#CC#CC#CC1CC1. The highest BCUT2D eigenvalue weighted by atomic mass is 14.2. The monoisotopic (exact) mass is 114 g/mol. The van der Waals surface area contributed by atoms with Gasteiger partial charge >= 0.3 is 0 Å². The number of hydrogen-bond acceptors (Lipinski definition) is 0. The van der Waals surface area contributed by atoms with Crippen LogP contribution in [0, 0.1) is 41.9 Å². The average Bonchev–Trinajstić information content (AvgIpc) is 2.63. The van der Waals surface area contributed by atoms with Crippen LogP contribution in [0.5, 0.6) is 0 Å². The Hall–Kier alpha value is -1.32. The van der Waals surface area contributed by atoms with Crippen LogP contribution in [0.3, 0.4) is 0 Å². The lowest BCUT2D eigenvalue weighted by atomic mass is 10.4. The predicted octanol–water partition coefficient (Wildman–Crippen LogP) is 1.04. The van der Waals surface area contributed by atoms with Crippen LogP contribution in [0.25, 0.3) is 0 Å². The fourth-order valence-corrected chi connectivity index (χ4v) is 0.433. The standard InChI is InChI=1S/C9H6/c1-2-3-4-5-6-9-7-8-9/h1,9H,7-8H2. The lowest BCUT2D eigenvalue weighted by Gasteiger charge is -1.63. The summed E-state index contributed by atoms with van der Waals surface area (Å²) in [6.07, 6.45) is 7.35. The Kier molecular flexibility index (Phi) is 1.85. The van der Waals surface area contributed by atoms with E-state index in [1.54, 1.807) is 0 Å². The summed E-state index contributed by atoms with van der Waals surface area (Å²) in [6, 6.07) is 0. The fourth-order valence-electron chi connectivity index (χ4n) is 0.433. The Balaban J connectivity index is 2.34. The molecular weight excluding hydrogens is 108 g/mol. The van der Waals surface area contributed by atoms with Crippen molar-refractivity contribution in [3.05, 3.63) is 0 Å². The van der Waals surface area contributed by atoms with Gasteiger partial charge < -0.3 is 0 Å².